The van der Waals surface area contributed by atoms with Gasteiger partial charge in [0.15, 0.2) is 11.0 Å². The van der Waals surface area contributed by atoms with Crippen LogP contribution in [0.1, 0.15) is 23.7 Å². The van der Waals surface area contributed by atoms with Crippen molar-refractivity contribution in [2.75, 3.05) is 0 Å². The SMILES string of the molecule is CC(=O)NCc1ccc(CSc2nnc(-c3ccccc3Br)n2-c2c(C)n(C)n(-c3ccccc3)c2=O)cc1. The number of carbonyl (C=O) groups is 1. The molecule has 2 heterocycles. The molecule has 0 saturated carbocycles. The van der Waals surface area contributed by atoms with Crippen LogP contribution in [0.4, 0.5) is 0 Å². The van der Waals surface area contributed by atoms with Crippen LogP contribution in [0.2, 0.25) is 0 Å². The van der Waals surface area contributed by atoms with Crippen molar-refractivity contribution in [2.45, 2.75) is 31.3 Å². The predicted molar refractivity (Wildman–Crippen MR) is 157 cm³/mol. The van der Waals surface area contributed by atoms with Crippen molar-refractivity contribution in [1.29, 1.82) is 0 Å². The Morgan fingerprint density at radius 3 is 2.31 bits per heavy atom. The van der Waals surface area contributed by atoms with Crippen LogP contribution in [-0.4, -0.2) is 30.0 Å². The van der Waals surface area contributed by atoms with E-state index in [1.807, 2.05) is 102 Å². The second-order valence-corrected chi connectivity index (χ2v) is 10.8. The van der Waals surface area contributed by atoms with E-state index in [1.165, 1.54) is 18.7 Å². The highest BCUT2D eigenvalue weighted by Crippen LogP contribution is 2.33. The van der Waals surface area contributed by atoms with E-state index in [0.29, 0.717) is 29.0 Å². The Kier molecular flexibility index (Phi) is 7.85. The zero-order valence-electron chi connectivity index (χ0n) is 21.8. The Balaban J connectivity index is 1.56. The van der Waals surface area contributed by atoms with Crippen molar-refractivity contribution in [3.05, 3.63) is 111 Å². The monoisotopic (exact) mass is 602 g/mol. The molecule has 0 fully saturated rings. The van der Waals surface area contributed by atoms with Crippen molar-refractivity contribution in [2.24, 2.45) is 7.05 Å². The second-order valence-electron chi connectivity index (χ2n) is 9.05. The largest absolute Gasteiger partial charge is 0.352 e. The summed E-state index contributed by atoms with van der Waals surface area (Å²) >= 11 is 5.16. The van der Waals surface area contributed by atoms with Crippen molar-refractivity contribution >= 4 is 33.6 Å². The molecule has 0 bridgehead atoms. The number of hydrogen-bond donors (Lipinski definition) is 1. The van der Waals surface area contributed by atoms with Gasteiger partial charge in [-0.3, -0.25) is 18.8 Å². The molecule has 8 nitrogen and oxygen atoms in total. The van der Waals surface area contributed by atoms with Crippen LogP contribution in [-0.2, 0) is 24.1 Å². The minimum atomic E-state index is -0.154. The number of nitrogens with one attached hydrogen (secondary N) is 1. The Hall–Kier alpha value is -3.89. The van der Waals surface area contributed by atoms with Crippen LogP contribution >= 0.6 is 27.7 Å². The average Bonchev–Trinajstić information content (AvgIpc) is 3.44. The van der Waals surface area contributed by atoms with Gasteiger partial charge in [-0.15, -0.1) is 10.2 Å². The van der Waals surface area contributed by atoms with E-state index in [4.69, 9.17) is 0 Å². The van der Waals surface area contributed by atoms with Crippen LogP contribution in [0.5, 0.6) is 0 Å². The summed E-state index contributed by atoms with van der Waals surface area (Å²) in [6, 6.07) is 25.5. The molecule has 39 heavy (non-hydrogen) atoms. The Bertz CT molecular complexity index is 1690. The molecule has 0 saturated heterocycles. The molecule has 3 aromatic carbocycles. The summed E-state index contributed by atoms with van der Waals surface area (Å²) in [5.74, 6) is 1.16. The van der Waals surface area contributed by atoms with Crippen molar-refractivity contribution in [3.8, 4) is 22.8 Å². The summed E-state index contributed by atoms with van der Waals surface area (Å²) in [5.41, 5.74) is 4.89. The number of amides is 1. The smallest absolute Gasteiger partial charge is 0.296 e. The van der Waals surface area contributed by atoms with Gasteiger partial charge >= 0.3 is 0 Å². The number of thioether (sulfide) groups is 1. The second kappa shape index (κ2) is 11.5. The molecule has 1 amide bonds. The van der Waals surface area contributed by atoms with Crippen molar-refractivity contribution < 1.29 is 4.79 Å². The minimum Gasteiger partial charge on any atom is -0.352 e. The number of para-hydroxylation sites is 1. The maximum Gasteiger partial charge on any atom is 0.296 e. The lowest BCUT2D eigenvalue weighted by molar-refractivity contribution is -0.119. The van der Waals surface area contributed by atoms with Gasteiger partial charge in [-0.1, -0.05) is 88.4 Å². The fourth-order valence-corrected chi connectivity index (χ4v) is 5.68. The molecule has 1 N–H and O–H groups in total. The third-order valence-corrected chi connectivity index (χ3v) is 8.12. The van der Waals surface area contributed by atoms with Gasteiger partial charge in [0, 0.05) is 36.3 Å². The van der Waals surface area contributed by atoms with Gasteiger partial charge in [-0.2, -0.15) is 0 Å². The van der Waals surface area contributed by atoms with E-state index in [1.54, 1.807) is 4.68 Å². The number of benzene rings is 3. The summed E-state index contributed by atoms with van der Waals surface area (Å²) in [4.78, 5) is 25.2. The number of halogens is 1. The summed E-state index contributed by atoms with van der Waals surface area (Å²) < 4.78 is 6.25. The van der Waals surface area contributed by atoms with E-state index >= 15 is 0 Å². The summed E-state index contributed by atoms with van der Waals surface area (Å²) in [6.45, 7) is 3.93. The molecule has 5 rings (SSSR count). The predicted octanol–water partition coefficient (Wildman–Crippen LogP) is 5.42. The zero-order chi connectivity index (χ0) is 27.5. The Morgan fingerprint density at radius 2 is 1.62 bits per heavy atom. The fraction of sp³-hybridized carbons (Fsp3) is 0.172. The first kappa shape index (κ1) is 26.7. The molecule has 0 spiro atoms. The first-order valence-electron chi connectivity index (χ1n) is 12.3. The van der Waals surface area contributed by atoms with E-state index in [2.05, 4.69) is 31.4 Å². The minimum absolute atomic E-state index is 0.0580. The maximum atomic E-state index is 14.0. The molecular formula is C29H27BrN6O2S. The van der Waals surface area contributed by atoms with E-state index in [0.717, 1.165) is 32.5 Å². The first-order valence-corrected chi connectivity index (χ1v) is 14.1. The molecule has 2 aromatic heterocycles. The van der Waals surface area contributed by atoms with Crippen molar-refractivity contribution in [3.63, 3.8) is 0 Å². The highest BCUT2D eigenvalue weighted by Gasteiger charge is 2.25. The van der Waals surface area contributed by atoms with Gasteiger partial charge < -0.3 is 5.32 Å². The molecule has 0 aliphatic heterocycles. The zero-order valence-corrected chi connectivity index (χ0v) is 24.2. The summed E-state index contributed by atoms with van der Waals surface area (Å²) in [5, 5.41) is 12.5. The van der Waals surface area contributed by atoms with Crippen LogP contribution < -0.4 is 10.9 Å². The molecule has 0 aliphatic carbocycles. The van der Waals surface area contributed by atoms with Crippen LogP contribution in [0.3, 0.4) is 0 Å². The average molecular weight is 604 g/mol. The normalized spacial score (nSPS) is 11.1. The summed E-state index contributed by atoms with van der Waals surface area (Å²) in [6.07, 6.45) is 0. The van der Waals surface area contributed by atoms with Gasteiger partial charge in [-0.25, -0.2) is 4.68 Å². The van der Waals surface area contributed by atoms with E-state index < -0.39 is 0 Å². The Labute approximate surface area is 238 Å². The number of rotatable bonds is 8. The van der Waals surface area contributed by atoms with Crippen molar-refractivity contribution in [1.82, 2.24) is 29.4 Å². The lowest BCUT2D eigenvalue weighted by atomic mass is 10.1. The quantitative estimate of drug-likeness (QED) is 0.240. The molecule has 0 radical (unpaired) electrons. The number of hydrogen-bond acceptors (Lipinski definition) is 5. The van der Waals surface area contributed by atoms with E-state index in [-0.39, 0.29) is 11.5 Å². The van der Waals surface area contributed by atoms with Crippen LogP contribution in [0.25, 0.3) is 22.8 Å². The van der Waals surface area contributed by atoms with Gasteiger partial charge in [0.25, 0.3) is 5.56 Å². The highest BCUT2D eigenvalue weighted by atomic mass is 79.9. The van der Waals surface area contributed by atoms with Crippen LogP contribution in [0.15, 0.2) is 93.3 Å². The molecule has 0 aliphatic rings. The van der Waals surface area contributed by atoms with Gasteiger partial charge in [0.05, 0.1) is 11.4 Å². The Morgan fingerprint density at radius 1 is 0.949 bits per heavy atom. The molecule has 10 heteroatoms. The number of nitrogens with zero attached hydrogens (tertiary/aromatic N) is 5. The van der Waals surface area contributed by atoms with Gasteiger partial charge in [-0.05, 0) is 36.2 Å². The molecule has 0 atom stereocenters. The maximum absolute atomic E-state index is 14.0. The van der Waals surface area contributed by atoms with Crippen LogP contribution in [0, 0.1) is 6.92 Å². The number of aromatic nitrogens is 5. The van der Waals surface area contributed by atoms with Gasteiger partial charge in [0.2, 0.25) is 5.91 Å². The lowest BCUT2D eigenvalue weighted by Crippen LogP contribution is -2.21. The lowest BCUT2D eigenvalue weighted by Gasteiger charge is -2.10. The molecule has 5 aromatic rings. The van der Waals surface area contributed by atoms with E-state index in [9.17, 15) is 9.59 Å². The highest BCUT2D eigenvalue weighted by molar-refractivity contribution is 9.10. The fourth-order valence-electron chi connectivity index (χ4n) is 4.32. The topological polar surface area (TPSA) is 86.7 Å². The third kappa shape index (κ3) is 5.48. The summed E-state index contributed by atoms with van der Waals surface area (Å²) in [7, 11) is 1.88. The molecule has 198 valence electrons. The van der Waals surface area contributed by atoms with Gasteiger partial charge in [0.1, 0.15) is 5.69 Å². The first-order chi connectivity index (χ1) is 18.8. The molecular weight excluding hydrogens is 576 g/mol. The standard InChI is InChI=1S/C29H27BrN6O2S/c1-19-26(28(38)36(34(19)3)23-9-5-4-6-10-23)35-27(24-11-7-8-12-25(24)30)32-33-29(35)39-18-22-15-13-21(14-16-22)17-31-20(2)37/h4-16H,17-18H2,1-3H3,(H,31,37). The third-order valence-electron chi connectivity index (χ3n) is 6.43. The molecule has 0 unspecified atom stereocenters. The number of carbonyl (C=O) groups excluding carboxylic acids is 1.